The van der Waals surface area contributed by atoms with E-state index < -0.39 is 29.4 Å². The Hall–Kier alpha value is -3.49. The molecule has 4 rings (SSSR count). The van der Waals surface area contributed by atoms with Crippen LogP contribution in [0.25, 0.3) is 27.6 Å². The standard InChI is InChI=1S/C21H13F6N3/c22-20(23,24)13-7-4-8-14(11-13)30-19(28)17(18(29-30)21(25,26)27)16-10-3-6-12-5-1-2-9-15(12)16/h1-11H,28H2. The molecule has 0 bridgehead atoms. The molecule has 30 heavy (non-hydrogen) atoms. The van der Waals surface area contributed by atoms with Crippen LogP contribution in [-0.2, 0) is 12.4 Å². The maximum absolute atomic E-state index is 13.8. The van der Waals surface area contributed by atoms with Crippen molar-refractivity contribution in [3.63, 3.8) is 0 Å². The van der Waals surface area contributed by atoms with Crippen LogP contribution in [0.3, 0.4) is 0 Å². The molecule has 0 spiro atoms. The van der Waals surface area contributed by atoms with Crippen molar-refractivity contribution in [2.75, 3.05) is 5.73 Å². The van der Waals surface area contributed by atoms with E-state index in [0.29, 0.717) is 21.5 Å². The van der Waals surface area contributed by atoms with Crippen LogP contribution in [0.5, 0.6) is 0 Å². The number of benzene rings is 3. The number of nitrogens with zero attached hydrogens (tertiary/aromatic N) is 2. The topological polar surface area (TPSA) is 43.8 Å². The Balaban J connectivity index is 2.01. The van der Waals surface area contributed by atoms with Crippen LogP contribution in [0.1, 0.15) is 11.3 Å². The lowest BCUT2D eigenvalue weighted by atomic mass is 9.97. The molecule has 0 unspecified atom stereocenters. The maximum Gasteiger partial charge on any atom is 0.435 e. The van der Waals surface area contributed by atoms with Gasteiger partial charge < -0.3 is 5.73 Å². The van der Waals surface area contributed by atoms with Gasteiger partial charge in [-0.1, -0.05) is 48.5 Å². The first-order valence-corrected chi connectivity index (χ1v) is 8.69. The number of anilines is 1. The molecule has 3 aromatic carbocycles. The lowest BCUT2D eigenvalue weighted by molar-refractivity contribution is -0.141. The number of fused-ring (bicyclic) bond motifs is 1. The third-order valence-electron chi connectivity index (χ3n) is 4.67. The normalized spacial score (nSPS) is 12.5. The summed E-state index contributed by atoms with van der Waals surface area (Å²) < 4.78 is 81.3. The zero-order chi connectivity index (χ0) is 21.7. The van der Waals surface area contributed by atoms with Gasteiger partial charge in [0.2, 0.25) is 0 Å². The van der Waals surface area contributed by atoms with Crippen molar-refractivity contribution in [3.8, 4) is 16.8 Å². The highest BCUT2D eigenvalue weighted by Crippen LogP contribution is 2.43. The fraction of sp³-hybridized carbons (Fsp3) is 0.0952. The largest absolute Gasteiger partial charge is 0.435 e. The Labute approximate surface area is 166 Å². The smallest absolute Gasteiger partial charge is 0.383 e. The van der Waals surface area contributed by atoms with Crippen molar-refractivity contribution < 1.29 is 26.3 Å². The van der Waals surface area contributed by atoms with Gasteiger partial charge in [-0.05, 0) is 34.5 Å². The van der Waals surface area contributed by atoms with Gasteiger partial charge in [0.05, 0.1) is 16.8 Å². The number of halogens is 6. The Morgan fingerprint density at radius 1 is 0.767 bits per heavy atom. The molecule has 1 heterocycles. The fourth-order valence-electron chi connectivity index (χ4n) is 3.35. The second-order valence-electron chi connectivity index (χ2n) is 6.59. The summed E-state index contributed by atoms with van der Waals surface area (Å²) in [6.45, 7) is 0. The minimum atomic E-state index is -4.87. The molecule has 3 nitrogen and oxygen atoms in total. The van der Waals surface area contributed by atoms with Crippen molar-refractivity contribution in [2.24, 2.45) is 0 Å². The molecule has 0 radical (unpaired) electrons. The van der Waals surface area contributed by atoms with Crippen LogP contribution in [0.15, 0.2) is 66.7 Å². The Morgan fingerprint density at radius 2 is 1.43 bits per heavy atom. The summed E-state index contributed by atoms with van der Waals surface area (Å²) in [5.41, 5.74) is 3.34. The van der Waals surface area contributed by atoms with E-state index in [1.165, 1.54) is 12.1 Å². The van der Waals surface area contributed by atoms with Crippen LogP contribution in [0.4, 0.5) is 32.2 Å². The number of nitrogen functional groups attached to an aromatic ring is 1. The van der Waals surface area contributed by atoms with Gasteiger partial charge in [-0.15, -0.1) is 0 Å². The van der Waals surface area contributed by atoms with E-state index in [0.717, 1.165) is 12.1 Å². The van der Waals surface area contributed by atoms with Gasteiger partial charge in [0.25, 0.3) is 0 Å². The number of alkyl halides is 6. The van der Waals surface area contributed by atoms with E-state index >= 15 is 0 Å². The summed E-state index contributed by atoms with van der Waals surface area (Å²) in [6, 6.07) is 15.4. The van der Waals surface area contributed by atoms with Crippen LogP contribution in [-0.4, -0.2) is 9.78 Å². The molecule has 0 atom stereocenters. The molecular weight excluding hydrogens is 408 g/mol. The fourth-order valence-corrected chi connectivity index (χ4v) is 3.35. The molecule has 0 aliphatic rings. The highest BCUT2D eigenvalue weighted by atomic mass is 19.4. The van der Waals surface area contributed by atoms with Crippen molar-refractivity contribution in [2.45, 2.75) is 12.4 Å². The van der Waals surface area contributed by atoms with Crippen LogP contribution < -0.4 is 5.73 Å². The van der Waals surface area contributed by atoms with E-state index in [4.69, 9.17) is 5.73 Å². The monoisotopic (exact) mass is 421 g/mol. The van der Waals surface area contributed by atoms with Gasteiger partial charge in [-0.2, -0.15) is 31.4 Å². The predicted molar refractivity (Wildman–Crippen MR) is 101 cm³/mol. The first-order chi connectivity index (χ1) is 14.1. The third kappa shape index (κ3) is 3.36. The molecule has 0 saturated carbocycles. The van der Waals surface area contributed by atoms with E-state index in [-0.39, 0.29) is 16.8 Å². The second kappa shape index (κ2) is 6.79. The third-order valence-corrected chi connectivity index (χ3v) is 4.67. The molecule has 9 heteroatoms. The minimum absolute atomic E-state index is 0.191. The van der Waals surface area contributed by atoms with E-state index in [9.17, 15) is 26.3 Å². The van der Waals surface area contributed by atoms with Gasteiger partial charge in [-0.25, -0.2) is 4.68 Å². The van der Waals surface area contributed by atoms with Crippen LogP contribution in [0.2, 0.25) is 0 Å². The summed E-state index contributed by atoms with van der Waals surface area (Å²) in [4.78, 5) is 0. The lowest BCUT2D eigenvalue weighted by Crippen LogP contribution is -2.10. The number of hydrogen-bond acceptors (Lipinski definition) is 2. The van der Waals surface area contributed by atoms with Crippen molar-refractivity contribution in [3.05, 3.63) is 78.0 Å². The second-order valence-corrected chi connectivity index (χ2v) is 6.59. The predicted octanol–water partition coefficient (Wildman–Crippen LogP) is 6.31. The zero-order valence-corrected chi connectivity index (χ0v) is 15.1. The van der Waals surface area contributed by atoms with Gasteiger partial charge >= 0.3 is 12.4 Å². The van der Waals surface area contributed by atoms with E-state index in [2.05, 4.69) is 5.10 Å². The summed E-state index contributed by atoms with van der Waals surface area (Å²) in [5.74, 6) is -0.405. The van der Waals surface area contributed by atoms with Crippen LogP contribution in [0, 0.1) is 0 Å². The van der Waals surface area contributed by atoms with Crippen molar-refractivity contribution in [1.82, 2.24) is 9.78 Å². The summed E-state index contributed by atoms with van der Waals surface area (Å²) in [6.07, 6.45) is -9.53. The Bertz CT molecular complexity index is 1230. The Kier molecular flexibility index (Phi) is 4.48. The number of aromatic nitrogens is 2. The lowest BCUT2D eigenvalue weighted by Gasteiger charge is -2.11. The number of nitrogens with two attached hydrogens (primary N) is 1. The van der Waals surface area contributed by atoms with Gasteiger partial charge in [0.1, 0.15) is 5.82 Å². The highest BCUT2D eigenvalue weighted by molar-refractivity contribution is 5.99. The molecule has 4 aromatic rings. The zero-order valence-electron chi connectivity index (χ0n) is 15.1. The summed E-state index contributed by atoms with van der Waals surface area (Å²) in [7, 11) is 0. The van der Waals surface area contributed by atoms with Gasteiger partial charge in [-0.3, -0.25) is 0 Å². The number of hydrogen-bond donors (Lipinski definition) is 1. The van der Waals surface area contributed by atoms with Crippen molar-refractivity contribution in [1.29, 1.82) is 0 Å². The number of rotatable bonds is 2. The molecule has 0 saturated heterocycles. The Morgan fingerprint density at radius 3 is 2.13 bits per heavy atom. The maximum atomic E-state index is 13.8. The summed E-state index contributed by atoms with van der Waals surface area (Å²) >= 11 is 0. The molecule has 0 fully saturated rings. The SMILES string of the molecule is Nc1c(-c2cccc3ccccc23)c(C(F)(F)F)nn1-c1cccc(C(F)(F)F)c1. The molecule has 0 aliphatic heterocycles. The average molecular weight is 421 g/mol. The molecule has 0 aliphatic carbocycles. The molecule has 154 valence electrons. The molecule has 1 aromatic heterocycles. The molecule has 2 N–H and O–H groups in total. The van der Waals surface area contributed by atoms with Gasteiger partial charge in [0, 0.05) is 0 Å². The van der Waals surface area contributed by atoms with E-state index in [1.807, 2.05) is 0 Å². The highest BCUT2D eigenvalue weighted by Gasteiger charge is 2.40. The quantitative estimate of drug-likeness (QED) is 0.386. The minimum Gasteiger partial charge on any atom is -0.383 e. The average Bonchev–Trinajstić information content (AvgIpc) is 3.04. The summed E-state index contributed by atoms with van der Waals surface area (Å²) in [5, 5.41) is 4.76. The van der Waals surface area contributed by atoms with Gasteiger partial charge in [0.15, 0.2) is 5.69 Å². The first kappa shape index (κ1) is 19.8. The first-order valence-electron chi connectivity index (χ1n) is 8.69. The molecular formula is C21H13F6N3. The molecule has 0 amide bonds. The van der Waals surface area contributed by atoms with E-state index in [1.54, 1.807) is 36.4 Å². The van der Waals surface area contributed by atoms with Crippen molar-refractivity contribution >= 4 is 16.6 Å². The van der Waals surface area contributed by atoms with Crippen LogP contribution >= 0.6 is 0 Å².